The molecule has 14 aromatic carbocycles. The summed E-state index contributed by atoms with van der Waals surface area (Å²) >= 11 is 0. The lowest BCUT2D eigenvalue weighted by Gasteiger charge is -2.22. The van der Waals surface area contributed by atoms with E-state index in [2.05, 4.69) is 374 Å². The van der Waals surface area contributed by atoms with Crippen LogP contribution < -0.4 is 28.4 Å². The van der Waals surface area contributed by atoms with Crippen LogP contribution in [0.5, 0.6) is 69.8 Å². The van der Waals surface area contributed by atoms with Gasteiger partial charge in [0, 0.05) is 93.5 Å². The summed E-state index contributed by atoms with van der Waals surface area (Å²) in [5, 5.41) is 19.2. The summed E-state index contributed by atoms with van der Waals surface area (Å²) in [4.78, 5) is 27.0. The molecule has 24 rings (SSSR count). The van der Waals surface area contributed by atoms with E-state index in [-0.39, 0.29) is 32.5 Å². The number of hydrogen-bond acceptors (Lipinski definition) is 14. The summed E-state index contributed by atoms with van der Waals surface area (Å²) in [6.45, 7) is 38.6. The number of nitrogens with zero attached hydrogens (tertiary/aromatic N) is 8. The normalized spacial score (nSPS) is 12.5. The van der Waals surface area contributed by atoms with Crippen LogP contribution in [0.2, 0.25) is 0 Å². The van der Waals surface area contributed by atoms with E-state index in [1.807, 2.05) is 127 Å². The van der Waals surface area contributed by atoms with Gasteiger partial charge in [0.05, 0.1) is 22.5 Å². The molecule has 0 amide bonds. The van der Waals surface area contributed by atoms with E-state index in [0.29, 0.717) is 46.4 Å². The Labute approximate surface area is 871 Å². The van der Waals surface area contributed by atoms with Crippen LogP contribution in [0.3, 0.4) is 0 Å². The monoisotopic (exact) mass is 1940 g/mol. The highest BCUT2D eigenvalue weighted by Crippen LogP contribution is 2.50. The van der Waals surface area contributed by atoms with Crippen molar-refractivity contribution < 1.29 is 28.4 Å². The molecule has 0 radical (unpaired) electrons. The van der Waals surface area contributed by atoms with Crippen molar-refractivity contribution in [3.05, 3.63) is 464 Å². The second-order valence-corrected chi connectivity index (χ2v) is 44.7. The van der Waals surface area contributed by atoms with Crippen molar-refractivity contribution >= 4 is 0 Å². The van der Waals surface area contributed by atoms with Crippen LogP contribution in [0.25, 0.3) is 66.8 Å². The predicted octanol–water partition coefficient (Wildman–Crippen LogP) is 34.2. The molecule has 0 saturated heterocycles. The number of nitriles is 2. The number of aromatic nitrogens is 6. The zero-order valence-electron chi connectivity index (χ0n) is 87.8. The summed E-state index contributed by atoms with van der Waals surface area (Å²) in [5.74, 6) is 7.51. The van der Waals surface area contributed by atoms with E-state index in [1.54, 1.807) is 12.4 Å². The van der Waals surface area contributed by atoms with Crippen LogP contribution in [0.4, 0.5) is 0 Å². The van der Waals surface area contributed by atoms with E-state index in [1.165, 1.54) is 134 Å². The van der Waals surface area contributed by atoms with Crippen molar-refractivity contribution in [2.75, 3.05) is 0 Å². The van der Waals surface area contributed by atoms with Gasteiger partial charge in [-0.1, -0.05) is 355 Å². The summed E-state index contributed by atoms with van der Waals surface area (Å²) in [7, 11) is 0. The van der Waals surface area contributed by atoms with Crippen molar-refractivity contribution in [2.24, 2.45) is 0 Å². The minimum absolute atomic E-state index is 0.000959. The molecular formula is C134H124N8O6. The number of hydrogen-bond donors (Lipinski definition) is 0. The smallest absolute Gasteiger partial charge is 0.322 e. The molecule has 18 aromatic rings. The third-order valence-corrected chi connectivity index (χ3v) is 27.7. The first-order valence-electron chi connectivity index (χ1n) is 51.0. The third kappa shape index (κ3) is 22.3. The molecule has 0 unspecified atom stereocenters. The molecular weight excluding hydrogens is 1820 g/mol. The molecule has 4 aromatic heterocycles. The lowest BCUT2D eigenvalue weighted by atomic mass is 9.84. The molecule has 0 saturated carbocycles. The fourth-order valence-electron chi connectivity index (χ4n) is 19.8. The molecule has 0 atom stereocenters. The maximum absolute atomic E-state index is 9.70. The van der Waals surface area contributed by atoms with Crippen molar-refractivity contribution in [1.82, 2.24) is 29.9 Å². The van der Waals surface area contributed by atoms with Crippen LogP contribution in [-0.4, -0.2) is 29.9 Å². The van der Waals surface area contributed by atoms with Gasteiger partial charge in [0.15, 0.2) is 0 Å². The Morgan fingerprint density at radius 1 is 0.223 bits per heavy atom. The molecule has 0 N–H and O–H groups in total. The highest BCUT2D eigenvalue weighted by molar-refractivity contribution is 5.84. The average Bonchev–Trinajstić information content (AvgIpc) is 1.61. The number of rotatable bonds is 12. The molecule has 4 heterocycles. The summed E-state index contributed by atoms with van der Waals surface area (Å²) in [5.41, 5.74) is 38.3. The van der Waals surface area contributed by atoms with Crippen LogP contribution in [0.1, 0.15) is 236 Å². The summed E-state index contributed by atoms with van der Waals surface area (Å²) < 4.78 is 36.7. The van der Waals surface area contributed by atoms with E-state index in [9.17, 15) is 10.5 Å². The van der Waals surface area contributed by atoms with Crippen molar-refractivity contribution in [2.45, 2.75) is 196 Å². The fourth-order valence-corrected chi connectivity index (χ4v) is 19.8. The van der Waals surface area contributed by atoms with Gasteiger partial charge in [0.1, 0.15) is 58.1 Å². The number of pyridine rings is 2. The first-order chi connectivity index (χ1) is 71.0. The van der Waals surface area contributed by atoms with Crippen molar-refractivity contribution in [1.29, 1.82) is 10.5 Å². The quantitative estimate of drug-likeness (QED) is 0.113. The Morgan fingerprint density at radius 3 is 0.939 bits per heavy atom. The summed E-state index contributed by atoms with van der Waals surface area (Å²) in [6, 6.07) is 121. The molecule has 14 nitrogen and oxygen atoms in total. The Kier molecular flexibility index (Phi) is 28.0. The number of fused-ring (bicyclic) bond motifs is 18. The number of benzene rings is 14. The van der Waals surface area contributed by atoms with Gasteiger partial charge in [-0.2, -0.15) is 20.5 Å². The molecule has 0 bridgehead atoms. The molecule has 14 heteroatoms. The first kappa shape index (κ1) is 100. The molecule has 0 spiro atoms. The van der Waals surface area contributed by atoms with Crippen LogP contribution in [0, 0.1) is 22.7 Å². The van der Waals surface area contributed by atoms with E-state index in [4.69, 9.17) is 33.4 Å². The first-order valence-corrected chi connectivity index (χ1v) is 51.0. The average molecular weight is 1940 g/mol. The van der Waals surface area contributed by atoms with Gasteiger partial charge in [-0.05, 0) is 255 Å². The van der Waals surface area contributed by atoms with Crippen molar-refractivity contribution in [3.63, 3.8) is 0 Å². The lowest BCUT2D eigenvalue weighted by Crippen LogP contribution is -2.14. The van der Waals surface area contributed by atoms with Gasteiger partial charge < -0.3 is 28.4 Å². The second kappa shape index (κ2) is 41.4. The Balaban J connectivity index is 0.000000112. The molecule has 148 heavy (non-hydrogen) atoms. The van der Waals surface area contributed by atoms with Gasteiger partial charge in [-0.15, -0.1) is 0 Å². The maximum atomic E-state index is 9.70. The largest absolute Gasteiger partial charge is 0.456 e. The zero-order chi connectivity index (χ0) is 104. The maximum Gasteiger partial charge on any atom is 0.322 e. The zero-order valence-corrected chi connectivity index (χ0v) is 87.8. The Bertz CT molecular complexity index is 7830. The van der Waals surface area contributed by atoms with Crippen LogP contribution >= 0.6 is 0 Å². The highest BCUT2D eigenvalue weighted by atomic mass is 16.5. The van der Waals surface area contributed by atoms with Gasteiger partial charge in [-0.25, -0.2) is 19.9 Å². The summed E-state index contributed by atoms with van der Waals surface area (Å²) in [6.07, 6.45) is 9.15. The van der Waals surface area contributed by atoms with Crippen molar-refractivity contribution in [3.8, 4) is 149 Å². The third-order valence-electron chi connectivity index (χ3n) is 27.7. The van der Waals surface area contributed by atoms with Gasteiger partial charge in [0.2, 0.25) is 11.8 Å². The molecule has 6 aliphatic rings. The molecule has 0 fully saturated rings. The molecule has 736 valence electrons. The van der Waals surface area contributed by atoms with Gasteiger partial charge in [-0.3, -0.25) is 0 Å². The Hall–Kier alpha value is -16.7. The van der Waals surface area contributed by atoms with Gasteiger partial charge >= 0.3 is 12.0 Å². The van der Waals surface area contributed by atoms with Crippen LogP contribution in [-0.2, 0) is 71.0 Å². The number of ether oxygens (including phenoxy) is 6. The topological polar surface area (TPSA) is 180 Å². The minimum Gasteiger partial charge on any atom is -0.456 e. The molecule has 6 aliphatic carbocycles. The predicted molar refractivity (Wildman–Crippen MR) is 596 cm³/mol. The second-order valence-electron chi connectivity index (χ2n) is 44.7. The van der Waals surface area contributed by atoms with Crippen LogP contribution in [0.15, 0.2) is 352 Å². The Morgan fingerprint density at radius 2 is 0.547 bits per heavy atom. The standard InChI is InChI=1S/2C24H21NO.2C22H21NO.2C21H20N2O/c1-24(2,3)18-12-11-17(15-25)23(14-18)26-22-10-6-9-20-19-8-5-4-7-16(19)13-21(20)22;1-24(2,3)22-9-6-10-23(21(22)15-25)26-18-12-11-17-13-16-7-4-5-8-19(16)20(17)14-18;1-22(2,3)20-12-7-13-21(23-20)24-19-11-6-10-17-16-9-5-4-8-15(16)14-18(17)19;1-22(2,3)20-9-6-10-21(23-20)24-17-12-11-16-13-15-7-4-5-8-18(15)19(16)14-17;1-21(2,3)19-11-12-22-20(23-19)24-18-10-6-9-16-15-8-5-4-7-14(15)13-17(16)18;1-21(2,3)19-10-11-22-20(23-19)24-16-9-8-15-12-14-6-4-5-7-17(14)18(15)13-16/h2*4-12,14H,13H2,1-3H3;4-13H,14H2,1-3H3;4-12,14H,13H2,1-3H3;4-12H,13H2,1-3H3;4-11,13H,12H2,1-3H3. The lowest BCUT2D eigenvalue weighted by molar-refractivity contribution is 0.428. The van der Waals surface area contributed by atoms with E-state index in [0.717, 1.165) is 107 Å². The molecule has 0 aliphatic heterocycles. The van der Waals surface area contributed by atoms with E-state index < -0.39 is 0 Å². The SMILES string of the molecule is CC(C)(C)c1ccc(C#N)c(Oc2cccc3c2Cc2ccccc2-3)c1.CC(C)(C)c1cccc(Oc2ccc3c(c2)-c2ccccc2C3)c1C#N.CC(C)(C)c1cccc(Oc2ccc3c(c2)-c2ccccc2C3)n1.CC(C)(C)c1cccc(Oc2cccc3c2Cc2ccccc2-3)n1.CC(C)(C)c1ccnc(Oc2ccc3c(c2)-c2ccccc2C3)n1.CC(C)(C)c1ccnc(Oc2cccc3c2Cc2ccccc2-3)n1. The van der Waals surface area contributed by atoms with E-state index >= 15 is 0 Å². The fraction of sp³-hybridized carbons (Fsp3) is 0.224. The highest BCUT2D eigenvalue weighted by Gasteiger charge is 2.32. The minimum atomic E-state index is -0.110. The van der Waals surface area contributed by atoms with Gasteiger partial charge in [0.25, 0.3) is 0 Å².